The van der Waals surface area contributed by atoms with Gasteiger partial charge in [0.2, 0.25) is 0 Å². The smallest absolute Gasteiger partial charge is 0.146 e. The Labute approximate surface area is 210 Å². The second-order valence-electron chi connectivity index (χ2n) is 9.10. The fourth-order valence-electron chi connectivity index (χ4n) is 4.49. The summed E-state index contributed by atoms with van der Waals surface area (Å²) in [7, 11) is 0. The number of nitrogen functional groups attached to an aromatic ring is 1. The minimum Gasteiger partial charge on any atom is -0.398 e. The molecule has 3 N–H and O–H groups in total. The van der Waals surface area contributed by atoms with E-state index in [2.05, 4.69) is 51.5 Å². The topological polar surface area (TPSA) is 88.5 Å². The Hall–Kier alpha value is -4.13. The van der Waals surface area contributed by atoms with Crippen LogP contribution in [0.25, 0.3) is 10.9 Å². The molecule has 1 aliphatic rings. The molecule has 7 heteroatoms. The summed E-state index contributed by atoms with van der Waals surface area (Å²) in [4.78, 5) is 8.72. The number of hydrogen-bond donors (Lipinski definition) is 2. The summed E-state index contributed by atoms with van der Waals surface area (Å²) in [6.45, 7) is 4.20. The number of benzene rings is 3. The van der Waals surface area contributed by atoms with Crippen LogP contribution in [0.15, 0.2) is 71.1 Å². The maximum Gasteiger partial charge on any atom is 0.146 e. The summed E-state index contributed by atoms with van der Waals surface area (Å²) < 4.78 is 15.1. The van der Waals surface area contributed by atoms with Crippen molar-refractivity contribution in [2.24, 2.45) is 10.2 Å². The van der Waals surface area contributed by atoms with Crippen molar-refractivity contribution in [1.82, 2.24) is 9.97 Å². The van der Waals surface area contributed by atoms with Crippen molar-refractivity contribution in [2.75, 3.05) is 11.1 Å². The zero-order valence-electron chi connectivity index (χ0n) is 20.6. The summed E-state index contributed by atoms with van der Waals surface area (Å²) in [5, 5.41) is 12.5. The summed E-state index contributed by atoms with van der Waals surface area (Å²) >= 11 is 0. The Morgan fingerprint density at radius 1 is 0.972 bits per heavy atom. The van der Waals surface area contributed by atoms with Gasteiger partial charge in [0.15, 0.2) is 0 Å². The molecule has 0 amide bonds. The lowest BCUT2D eigenvalue weighted by Gasteiger charge is -2.13. The summed E-state index contributed by atoms with van der Waals surface area (Å²) in [6.07, 6.45) is 5.68. The largest absolute Gasteiger partial charge is 0.398 e. The highest BCUT2D eigenvalue weighted by molar-refractivity contribution is 6.15. The Bertz CT molecular complexity index is 1490. The molecule has 36 heavy (non-hydrogen) atoms. The van der Waals surface area contributed by atoms with Crippen LogP contribution in [0.2, 0.25) is 0 Å². The van der Waals surface area contributed by atoms with Crippen molar-refractivity contribution in [3.63, 3.8) is 0 Å². The molecule has 0 bridgehead atoms. The first-order valence-corrected chi connectivity index (χ1v) is 12.3. The van der Waals surface area contributed by atoms with E-state index in [1.165, 1.54) is 6.33 Å². The van der Waals surface area contributed by atoms with Crippen LogP contribution < -0.4 is 11.1 Å². The van der Waals surface area contributed by atoms with Crippen molar-refractivity contribution in [3.05, 3.63) is 89.0 Å². The van der Waals surface area contributed by atoms with E-state index < -0.39 is 0 Å². The van der Waals surface area contributed by atoms with Gasteiger partial charge in [-0.2, -0.15) is 10.2 Å². The molecule has 0 unspecified atom stereocenters. The molecule has 0 fully saturated rings. The minimum absolute atomic E-state index is 0.341. The number of anilines is 3. The summed E-state index contributed by atoms with van der Waals surface area (Å²) in [5.41, 5.74) is 14.3. The number of rotatable bonds is 8. The van der Waals surface area contributed by atoms with Gasteiger partial charge in [0.25, 0.3) is 0 Å². The SMILES string of the molecule is CCCc1cc2ncnc(Nc3ccc(Cc4cccc(C5=NN=C(CC)C5)c4)cc3F)c2cc1N. The first kappa shape index (κ1) is 23.6. The molecule has 5 rings (SSSR count). The van der Waals surface area contributed by atoms with Crippen LogP contribution in [0.5, 0.6) is 0 Å². The van der Waals surface area contributed by atoms with Gasteiger partial charge in [0, 0.05) is 23.2 Å². The van der Waals surface area contributed by atoms with Crippen LogP contribution in [0.4, 0.5) is 21.6 Å². The van der Waals surface area contributed by atoms with E-state index >= 15 is 4.39 Å². The van der Waals surface area contributed by atoms with Gasteiger partial charge in [-0.3, -0.25) is 0 Å². The highest BCUT2D eigenvalue weighted by Crippen LogP contribution is 2.29. The summed E-state index contributed by atoms with van der Waals surface area (Å²) in [5.74, 6) is 0.187. The molecular formula is C29H29FN6. The predicted octanol–water partition coefficient (Wildman–Crippen LogP) is 6.60. The first-order valence-electron chi connectivity index (χ1n) is 12.3. The van der Waals surface area contributed by atoms with Gasteiger partial charge in [0.1, 0.15) is 18.0 Å². The molecule has 1 aromatic heterocycles. The monoisotopic (exact) mass is 480 g/mol. The molecule has 0 spiro atoms. The lowest BCUT2D eigenvalue weighted by Crippen LogP contribution is -2.04. The molecule has 0 radical (unpaired) electrons. The molecule has 0 saturated carbocycles. The molecule has 0 aliphatic carbocycles. The molecule has 0 atom stereocenters. The molecule has 4 aromatic rings. The maximum absolute atomic E-state index is 15.1. The van der Waals surface area contributed by atoms with Crippen LogP contribution in [-0.4, -0.2) is 21.4 Å². The van der Waals surface area contributed by atoms with E-state index in [1.807, 2.05) is 30.3 Å². The first-order chi connectivity index (χ1) is 17.5. The molecular weight excluding hydrogens is 451 g/mol. The van der Waals surface area contributed by atoms with Gasteiger partial charge in [-0.1, -0.05) is 44.5 Å². The van der Waals surface area contributed by atoms with Crippen molar-refractivity contribution >= 4 is 39.5 Å². The number of nitrogens with one attached hydrogen (secondary N) is 1. The Balaban J connectivity index is 1.34. The van der Waals surface area contributed by atoms with E-state index in [4.69, 9.17) is 5.73 Å². The molecule has 182 valence electrons. The molecule has 3 aromatic carbocycles. The third-order valence-electron chi connectivity index (χ3n) is 6.46. The molecule has 0 saturated heterocycles. The minimum atomic E-state index is -0.341. The quantitative estimate of drug-likeness (QED) is 0.278. The fourth-order valence-corrected chi connectivity index (χ4v) is 4.49. The van der Waals surface area contributed by atoms with Gasteiger partial charge in [0.05, 0.1) is 16.9 Å². The highest BCUT2D eigenvalue weighted by atomic mass is 19.1. The number of aromatic nitrogens is 2. The average Bonchev–Trinajstić information content (AvgIpc) is 3.36. The average molecular weight is 481 g/mol. The van der Waals surface area contributed by atoms with E-state index in [9.17, 15) is 0 Å². The zero-order chi connectivity index (χ0) is 25.1. The second kappa shape index (κ2) is 10.2. The lowest BCUT2D eigenvalue weighted by molar-refractivity contribution is 0.630. The van der Waals surface area contributed by atoms with E-state index in [-0.39, 0.29) is 5.82 Å². The van der Waals surface area contributed by atoms with Crippen molar-refractivity contribution in [1.29, 1.82) is 0 Å². The van der Waals surface area contributed by atoms with Gasteiger partial charge < -0.3 is 11.1 Å². The van der Waals surface area contributed by atoms with Crippen LogP contribution in [0.1, 0.15) is 55.4 Å². The molecule has 6 nitrogen and oxygen atoms in total. The summed E-state index contributed by atoms with van der Waals surface area (Å²) in [6, 6.07) is 17.3. The third-order valence-corrected chi connectivity index (χ3v) is 6.46. The van der Waals surface area contributed by atoms with Crippen LogP contribution in [-0.2, 0) is 12.8 Å². The molecule has 1 aliphatic heterocycles. The van der Waals surface area contributed by atoms with E-state index in [0.717, 1.165) is 70.3 Å². The number of fused-ring (bicyclic) bond motifs is 1. The van der Waals surface area contributed by atoms with Crippen molar-refractivity contribution in [2.45, 2.75) is 46.0 Å². The van der Waals surface area contributed by atoms with Crippen LogP contribution in [0, 0.1) is 5.82 Å². The number of nitrogens with two attached hydrogens (primary N) is 1. The Morgan fingerprint density at radius 3 is 2.61 bits per heavy atom. The van der Waals surface area contributed by atoms with Crippen LogP contribution in [0.3, 0.4) is 0 Å². The van der Waals surface area contributed by atoms with Gasteiger partial charge in [-0.25, -0.2) is 14.4 Å². The zero-order valence-corrected chi connectivity index (χ0v) is 20.6. The maximum atomic E-state index is 15.1. The van der Waals surface area contributed by atoms with Gasteiger partial charge >= 0.3 is 0 Å². The number of nitrogens with zero attached hydrogens (tertiary/aromatic N) is 4. The van der Waals surface area contributed by atoms with E-state index in [1.54, 1.807) is 12.1 Å². The number of aryl methyl sites for hydroxylation is 1. The Morgan fingerprint density at radius 2 is 1.83 bits per heavy atom. The third kappa shape index (κ3) is 4.96. The van der Waals surface area contributed by atoms with E-state index in [0.29, 0.717) is 23.6 Å². The predicted molar refractivity (Wildman–Crippen MR) is 146 cm³/mol. The Kier molecular flexibility index (Phi) is 6.71. The second-order valence-corrected chi connectivity index (χ2v) is 9.10. The normalized spacial score (nSPS) is 13.1. The van der Waals surface area contributed by atoms with Crippen molar-refractivity contribution in [3.8, 4) is 0 Å². The fraction of sp³-hybridized carbons (Fsp3) is 0.241. The van der Waals surface area contributed by atoms with Gasteiger partial charge in [-0.05, 0) is 71.8 Å². The number of halogens is 1. The number of hydrogen-bond acceptors (Lipinski definition) is 6. The highest BCUT2D eigenvalue weighted by Gasteiger charge is 2.14. The van der Waals surface area contributed by atoms with Crippen molar-refractivity contribution < 1.29 is 4.39 Å². The lowest BCUT2D eigenvalue weighted by atomic mass is 9.98. The standard InChI is InChI=1S/C29H29FN6/c1-3-6-20-14-28-23(16-25(20)31)29(33-17-32-28)34-26-10-9-19(13-24(26)30)11-18-7-5-8-21(12-18)27-15-22(4-2)35-36-27/h5,7-10,12-14,16-17H,3-4,6,11,15,31H2,1-2H3,(H,32,33,34). The van der Waals surface area contributed by atoms with Crippen LogP contribution >= 0.6 is 0 Å². The van der Waals surface area contributed by atoms with Gasteiger partial charge in [-0.15, -0.1) is 0 Å². The molecule has 2 heterocycles.